The van der Waals surface area contributed by atoms with Crippen molar-refractivity contribution < 1.29 is 9.59 Å². The first-order chi connectivity index (χ1) is 10.6. The summed E-state index contributed by atoms with van der Waals surface area (Å²) < 4.78 is 4.14. The van der Waals surface area contributed by atoms with Crippen LogP contribution in [0, 0.1) is 0 Å². The molecule has 0 radical (unpaired) electrons. The predicted molar refractivity (Wildman–Crippen MR) is 82.9 cm³/mol. The van der Waals surface area contributed by atoms with Crippen molar-refractivity contribution in [2.45, 2.75) is 31.3 Å². The van der Waals surface area contributed by atoms with Gasteiger partial charge < -0.3 is 5.32 Å². The van der Waals surface area contributed by atoms with Gasteiger partial charge in [0.1, 0.15) is 15.6 Å². The van der Waals surface area contributed by atoms with E-state index in [1.807, 2.05) is 11.4 Å². The van der Waals surface area contributed by atoms with Crippen LogP contribution in [0.25, 0.3) is 0 Å². The normalized spacial score (nSPS) is 24.0. The van der Waals surface area contributed by atoms with E-state index in [9.17, 15) is 9.59 Å². The summed E-state index contributed by atoms with van der Waals surface area (Å²) >= 11 is 8.66. The molecule has 1 saturated heterocycles. The van der Waals surface area contributed by atoms with Crippen LogP contribution < -0.4 is 5.32 Å². The Hall–Kier alpha value is -1.51. The minimum Gasteiger partial charge on any atom is -0.319 e. The Balaban J connectivity index is 1.70. The number of imide groups is 1. The predicted octanol–water partition coefficient (Wildman–Crippen LogP) is 2.54. The second-order valence-electron chi connectivity index (χ2n) is 5.33. The molecule has 4 rings (SSSR count). The Morgan fingerprint density at radius 1 is 1.45 bits per heavy atom. The third-order valence-electron chi connectivity index (χ3n) is 4.15. The van der Waals surface area contributed by atoms with Crippen LogP contribution in [0.1, 0.15) is 29.0 Å². The van der Waals surface area contributed by atoms with Crippen molar-refractivity contribution in [3.8, 4) is 0 Å². The van der Waals surface area contributed by atoms with Gasteiger partial charge in [-0.3, -0.25) is 9.69 Å². The SMILES string of the molecule is O=C1N[C@@]2(CCCc3sccc32)C(=O)N1Cc1nnsc1Cl. The van der Waals surface area contributed by atoms with E-state index in [1.165, 1.54) is 9.78 Å². The molecule has 1 N–H and O–H groups in total. The highest BCUT2D eigenvalue weighted by atomic mass is 35.5. The number of aromatic nitrogens is 2. The molecule has 1 fully saturated rings. The smallest absolute Gasteiger partial charge is 0.319 e. The van der Waals surface area contributed by atoms with Crippen molar-refractivity contribution in [3.05, 3.63) is 31.9 Å². The number of carbonyl (C=O) groups excluding carboxylic acids is 2. The van der Waals surface area contributed by atoms with Gasteiger partial charge in [0.05, 0.1) is 6.54 Å². The number of nitrogens with zero attached hydrogens (tertiary/aromatic N) is 3. The lowest BCUT2D eigenvalue weighted by molar-refractivity contribution is -0.132. The van der Waals surface area contributed by atoms with Crippen molar-refractivity contribution in [2.24, 2.45) is 0 Å². The summed E-state index contributed by atoms with van der Waals surface area (Å²) in [6, 6.07) is 1.55. The van der Waals surface area contributed by atoms with E-state index in [4.69, 9.17) is 11.6 Å². The molecule has 1 aliphatic carbocycles. The van der Waals surface area contributed by atoms with Gasteiger partial charge in [0.25, 0.3) is 5.91 Å². The van der Waals surface area contributed by atoms with Gasteiger partial charge in [0, 0.05) is 22.0 Å². The molecule has 3 amide bonds. The second kappa shape index (κ2) is 5.00. The first kappa shape index (κ1) is 14.1. The molecule has 1 aliphatic heterocycles. The number of hydrogen-bond acceptors (Lipinski definition) is 6. The van der Waals surface area contributed by atoms with Gasteiger partial charge in [-0.05, 0) is 30.7 Å². The first-order valence-corrected chi connectivity index (χ1v) is 8.82. The summed E-state index contributed by atoms with van der Waals surface area (Å²) in [6.07, 6.45) is 2.47. The van der Waals surface area contributed by atoms with Crippen molar-refractivity contribution in [1.82, 2.24) is 19.8 Å². The van der Waals surface area contributed by atoms with E-state index in [2.05, 4.69) is 14.9 Å². The maximum Gasteiger partial charge on any atom is 0.325 e. The molecular formula is C13H11ClN4O2S2. The van der Waals surface area contributed by atoms with E-state index in [1.54, 1.807) is 11.3 Å². The standard InChI is InChI=1S/C13H11ClN4O2S2/c14-10-8(16-17-22-10)6-18-11(19)13(15-12(18)20)4-1-2-9-7(13)3-5-21-9/h3,5H,1-2,4,6H2,(H,15,20)/t13-/m1/s1. The number of nitrogens with one attached hydrogen (secondary N) is 1. The van der Waals surface area contributed by atoms with Crippen LogP contribution in [-0.2, 0) is 23.3 Å². The Labute approximate surface area is 139 Å². The van der Waals surface area contributed by atoms with E-state index in [-0.39, 0.29) is 12.5 Å². The van der Waals surface area contributed by atoms with Crippen molar-refractivity contribution in [3.63, 3.8) is 0 Å². The highest BCUT2D eigenvalue weighted by molar-refractivity contribution is 7.10. The maximum absolute atomic E-state index is 13.0. The molecule has 3 heterocycles. The molecule has 2 aromatic rings. The number of thiophene rings is 1. The molecule has 1 atom stereocenters. The molecule has 0 saturated carbocycles. The summed E-state index contributed by atoms with van der Waals surface area (Å²) in [5.41, 5.74) is 0.473. The lowest BCUT2D eigenvalue weighted by Crippen LogP contribution is -2.46. The largest absolute Gasteiger partial charge is 0.325 e. The Morgan fingerprint density at radius 2 is 2.32 bits per heavy atom. The molecule has 6 nitrogen and oxygen atoms in total. The number of rotatable bonds is 2. The molecule has 0 bridgehead atoms. The molecule has 2 aromatic heterocycles. The van der Waals surface area contributed by atoms with Crippen LogP contribution in [0.4, 0.5) is 4.79 Å². The number of amides is 3. The third kappa shape index (κ3) is 1.90. The van der Waals surface area contributed by atoms with E-state index < -0.39 is 11.6 Å². The fraction of sp³-hybridized carbons (Fsp3) is 0.385. The van der Waals surface area contributed by atoms with E-state index >= 15 is 0 Å². The zero-order chi connectivity index (χ0) is 15.3. The molecule has 1 spiro atoms. The van der Waals surface area contributed by atoms with Crippen LogP contribution in [0.2, 0.25) is 4.34 Å². The zero-order valence-corrected chi connectivity index (χ0v) is 13.7. The molecule has 0 aromatic carbocycles. The lowest BCUT2D eigenvalue weighted by Gasteiger charge is -2.31. The van der Waals surface area contributed by atoms with E-state index in [0.717, 1.165) is 29.9 Å². The summed E-state index contributed by atoms with van der Waals surface area (Å²) in [5, 5.41) is 8.75. The first-order valence-electron chi connectivity index (χ1n) is 6.79. The zero-order valence-electron chi connectivity index (χ0n) is 11.3. The fourth-order valence-electron chi connectivity index (χ4n) is 3.13. The molecule has 0 unspecified atom stereocenters. The van der Waals surface area contributed by atoms with E-state index in [0.29, 0.717) is 16.5 Å². The van der Waals surface area contributed by atoms with Crippen LogP contribution in [-0.4, -0.2) is 26.4 Å². The molecule has 22 heavy (non-hydrogen) atoms. The van der Waals surface area contributed by atoms with Gasteiger partial charge in [-0.1, -0.05) is 16.1 Å². The summed E-state index contributed by atoms with van der Waals surface area (Å²) in [4.78, 5) is 27.7. The monoisotopic (exact) mass is 354 g/mol. The van der Waals surface area contributed by atoms with Gasteiger partial charge in [0.2, 0.25) is 0 Å². The van der Waals surface area contributed by atoms with Gasteiger partial charge >= 0.3 is 6.03 Å². The van der Waals surface area contributed by atoms with Crippen LogP contribution >= 0.6 is 34.5 Å². The van der Waals surface area contributed by atoms with Crippen molar-refractivity contribution in [2.75, 3.05) is 0 Å². The molecule has 114 valence electrons. The minimum atomic E-state index is -0.916. The number of halogens is 1. The lowest BCUT2D eigenvalue weighted by atomic mass is 9.80. The average molecular weight is 355 g/mol. The number of hydrogen-bond donors (Lipinski definition) is 1. The van der Waals surface area contributed by atoms with Crippen molar-refractivity contribution >= 4 is 46.4 Å². The van der Waals surface area contributed by atoms with Crippen LogP contribution in [0.3, 0.4) is 0 Å². The molecule has 9 heteroatoms. The number of urea groups is 1. The minimum absolute atomic E-state index is 0.0568. The highest BCUT2D eigenvalue weighted by Gasteiger charge is 2.54. The van der Waals surface area contributed by atoms with Gasteiger partial charge in [-0.25, -0.2) is 4.79 Å². The molecular weight excluding hydrogens is 344 g/mol. The summed E-state index contributed by atoms with van der Waals surface area (Å²) in [6.45, 7) is 0.0568. The van der Waals surface area contributed by atoms with Crippen LogP contribution in [0.5, 0.6) is 0 Å². The topological polar surface area (TPSA) is 75.2 Å². The van der Waals surface area contributed by atoms with Crippen molar-refractivity contribution in [1.29, 1.82) is 0 Å². The summed E-state index contributed by atoms with van der Waals surface area (Å²) in [5.74, 6) is -0.221. The Bertz CT molecular complexity index is 774. The second-order valence-corrected chi connectivity index (χ2v) is 7.69. The van der Waals surface area contributed by atoms with Gasteiger partial charge in [-0.2, -0.15) is 0 Å². The number of aryl methyl sites for hydroxylation is 1. The third-order valence-corrected chi connectivity index (χ3v) is 6.12. The molecule has 2 aliphatic rings. The fourth-order valence-corrected chi connectivity index (χ4v) is 4.74. The Kier molecular flexibility index (Phi) is 3.21. The highest BCUT2D eigenvalue weighted by Crippen LogP contribution is 2.42. The maximum atomic E-state index is 13.0. The quantitative estimate of drug-likeness (QED) is 0.841. The number of carbonyl (C=O) groups is 2. The average Bonchev–Trinajstić information content (AvgIpc) is 3.17. The van der Waals surface area contributed by atoms with Gasteiger partial charge in [-0.15, -0.1) is 16.4 Å². The van der Waals surface area contributed by atoms with Crippen LogP contribution in [0.15, 0.2) is 11.4 Å². The number of fused-ring (bicyclic) bond motifs is 2. The van der Waals surface area contributed by atoms with Gasteiger partial charge in [0.15, 0.2) is 0 Å². The Morgan fingerprint density at radius 3 is 3.09 bits per heavy atom. The summed E-state index contributed by atoms with van der Waals surface area (Å²) in [7, 11) is 0.